The number of alkyl halides is 3. The van der Waals surface area contributed by atoms with Gasteiger partial charge in [-0.25, -0.2) is 9.67 Å². The molecule has 0 aliphatic carbocycles. The first-order valence-electron chi connectivity index (χ1n) is 11.3. The summed E-state index contributed by atoms with van der Waals surface area (Å²) in [6, 6.07) is 12.6. The standard InChI is InChI=1S/C24H25F3N6O4/c1-15-29-21(23-30-20(32-37-23)17-7-9-19(10-8-17)36-24(25,26)27)31-33(15)14-16-5-3-6-18(13-16)22(34)28-11-4-12-35-2/h3,5-10,13,22,28,34H,4,11-12,14H2,1-2H3. The molecule has 4 rings (SSSR count). The van der Waals surface area contributed by atoms with Crippen LogP contribution in [0.1, 0.15) is 29.6 Å². The molecule has 1 atom stereocenters. The van der Waals surface area contributed by atoms with Gasteiger partial charge in [-0.05, 0) is 61.3 Å². The molecule has 2 aromatic carbocycles. The van der Waals surface area contributed by atoms with Crippen LogP contribution in [0.5, 0.6) is 5.75 Å². The van der Waals surface area contributed by atoms with Crippen molar-refractivity contribution in [3.63, 3.8) is 0 Å². The monoisotopic (exact) mass is 518 g/mol. The summed E-state index contributed by atoms with van der Waals surface area (Å²) in [5.41, 5.74) is 2.06. The summed E-state index contributed by atoms with van der Waals surface area (Å²) >= 11 is 0. The second-order valence-corrected chi connectivity index (χ2v) is 8.08. The topological polar surface area (TPSA) is 120 Å². The number of aryl methyl sites for hydroxylation is 1. The van der Waals surface area contributed by atoms with E-state index < -0.39 is 12.6 Å². The zero-order valence-corrected chi connectivity index (χ0v) is 20.1. The maximum Gasteiger partial charge on any atom is 0.573 e. The fraction of sp³-hybridized carbons (Fsp3) is 0.333. The van der Waals surface area contributed by atoms with Gasteiger partial charge < -0.3 is 19.1 Å². The highest BCUT2D eigenvalue weighted by Crippen LogP contribution is 2.26. The third-order valence-corrected chi connectivity index (χ3v) is 5.28. The number of rotatable bonds is 11. The zero-order chi connectivity index (χ0) is 26.4. The van der Waals surface area contributed by atoms with Crippen LogP contribution in [0.25, 0.3) is 23.1 Å². The normalized spacial score (nSPS) is 12.6. The van der Waals surface area contributed by atoms with Gasteiger partial charge in [-0.15, -0.1) is 18.3 Å². The Morgan fingerprint density at radius 2 is 1.89 bits per heavy atom. The minimum Gasteiger partial charge on any atom is -0.406 e. The Morgan fingerprint density at radius 3 is 2.62 bits per heavy atom. The second-order valence-electron chi connectivity index (χ2n) is 8.08. The molecule has 0 saturated heterocycles. The molecular formula is C24H25F3N6O4. The fourth-order valence-corrected chi connectivity index (χ4v) is 3.51. The predicted molar refractivity (Wildman–Crippen MR) is 125 cm³/mol. The van der Waals surface area contributed by atoms with E-state index >= 15 is 0 Å². The largest absolute Gasteiger partial charge is 0.573 e. The lowest BCUT2D eigenvalue weighted by atomic mass is 10.1. The maximum atomic E-state index is 12.4. The predicted octanol–water partition coefficient (Wildman–Crippen LogP) is 3.87. The van der Waals surface area contributed by atoms with Crippen LogP contribution in [0.15, 0.2) is 53.1 Å². The highest BCUT2D eigenvalue weighted by Gasteiger charge is 2.31. The van der Waals surface area contributed by atoms with E-state index in [1.54, 1.807) is 18.7 Å². The lowest BCUT2D eigenvalue weighted by molar-refractivity contribution is -0.274. The first kappa shape index (κ1) is 26.3. The van der Waals surface area contributed by atoms with Crippen molar-refractivity contribution in [3.8, 4) is 28.9 Å². The SMILES string of the molecule is COCCCNC(O)c1cccc(Cn2nc(-c3nc(-c4ccc(OC(F)(F)F)cc4)no3)nc2C)c1. The minimum atomic E-state index is -4.77. The average molecular weight is 518 g/mol. The van der Waals surface area contributed by atoms with E-state index in [0.717, 1.165) is 29.7 Å². The first-order chi connectivity index (χ1) is 17.7. The highest BCUT2D eigenvalue weighted by atomic mass is 19.4. The van der Waals surface area contributed by atoms with Crippen LogP contribution in [0.4, 0.5) is 13.2 Å². The van der Waals surface area contributed by atoms with Gasteiger partial charge in [0.25, 0.3) is 5.89 Å². The Labute approximate surface area is 210 Å². The van der Waals surface area contributed by atoms with Crippen molar-refractivity contribution in [1.82, 2.24) is 30.2 Å². The number of ether oxygens (including phenoxy) is 2. The molecule has 0 bridgehead atoms. The van der Waals surface area contributed by atoms with Gasteiger partial charge in [-0.3, -0.25) is 5.32 Å². The van der Waals surface area contributed by atoms with Crippen molar-refractivity contribution in [1.29, 1.82) is 0 Å². The van der Waals surface area contributed by atoms with Gasteiger partial charge in [0, 0.05) is 19.3 Å². The van der Waals surface area contributed by atoms with Crippen molar-refractivity contribution in [2.75, 3.05) is 20.3 Å². The summed E-state index contributed by atoms with van der Waals surface area (Å²) in [5, 5.41) is 21.8. The van der Waals surface area contributed by atoms with Crippen LogP contribution in [0.3, 0.4) is 0 Å². The van der Waals surface area contributed by atoms with Gasteiger partial charge in [0.1, 0.15) is 17.8 Å². The van der Waals surface area contributed by atoms with Crippen LogP contribution in [-0.2, 0) is 11.3 Å². The molecule has 37 heavy (non-hydrogen) atoms. The van der Waals surface area contributed by atoms with Crippen LogP contribution < -0.4 is 10.1 Å². The van der Waals surface area contributed by atoms with E-state index in [2.05, 4.69) is 30.3 Å². The van der Waals surface area contributed by atoms with E-state index in [9.17, 15) is 18.3 Å². The van der Waals surface area contributed by atoms with Gasteiger partial charge in [0.2, 0.25) is 11.6 Å². The molecule has 0 amide bonds. The molecule has 2 heterocycles. The van der Waals surface area contributed by atoms with Gasteiger partial charge in [-0.2, -0.15) is 4.98 Å². The summed E-state index contributed by atoms with van der Waals surface area (Å²) in [6.07, 6.45) is -4.80. The Kier molecular flexibility index (Phi) is 8.16. The number of aliphatic hydroxyl groups is 1. The molecule has 1 unspecified atom stereocenters. The van der Waals surface area contributed by atoms with Gasteiger partial charge in [0.15, 0.2) is 0 Å². The number of nitrogens with zero attached hydrogens (tertiary/aromatic N) is 5. The highest BCUT2D eigenvalue weighted by molar-refractivity contribution is 5.57. The number of aliphatic hydroxyl groups excluding tert-OH is 1. The van der Waals surface area contributed by atoms with Crippen molar-refractivity contribution in [2.45, 2.75) is 32.5 Å². The van der Waals surface area contributed by atoms with E-state index in [4.69, 9.17) is 9.26 Å². The van der Waals surface area contributed by atoms with E-state index in [-0.39, 0.29) is 23.3 Å². The number of benzene rings is 2. The van der Waals surface area contributed by atoms with Gasteiger partial charge in [0.05, 0.1) is 6.54 Å². The van der Waals surface area contributed by atoms with Crippen molar-refractivity contribution in [3.05, 3.63) is 65.5 Å². The molecule has 0 aliphatic rings. The van der Waals surface area contributed by atoms with E-state index in [0.29, 0.717) is 31.1 Å². The van der Waals surface area contributed by atoms with Gasteiger partial charge >= 0.3 is 6.36 Å². The van der Waals surface area contributed by atoms with E-state index in [1.165, 1.54) is 12.1 Å². The van der Waals surface area contributed by atoms with E-state index in [1.807, 2.05) is 24.3 Å². The third-order valence-electron chi connectivity index (χ3n) is 5.28. The summed E-state index contributed by atoms with van der Waals surface area (Å²) in [6.45, 7) is 3.40. The molecule has 0 fully saturated rings. The lowest BCUT2D eigenvalue weighted by Gasteiger charge is -2.14. The summed E-state index contributed by atoms with van der Waals surface area (Å²) in [4.78, 5) is 8.66. The molecule has 0 aliphatic heterocycles. The minimum absolute atomic E-state index is 0.0666. The smallest absolute Gasteiger partial charge is 0.406 e. The number of halogens is 3. The Balaban J connectivity index is 1.43. The number of nitrogens with one attached hydrogen (secondary N) is 1. The van der Waals surface area contributed by atoms with Crippen molar-refractivity contribution >= 4 is 0 Å². The van der Waals surface area contributed by atoms with Crippen molar-refractivity contribution < 1.29 is 32.3 Å². The maximum absolute atomic E-state index is 12.4. The van der Waals surface area contributed by atoms with Gasteiger partial charge in [-0.1, -0.05) is 23.4 Å². The third kappa shape index (κ3) is 7.12. The molecule has 0 radical (unpaired) electrons. The summed E-state index contributed by atoms with van der Waals surface area (Å²) in [5.74, 6) is 0.699. The zero-order valence-electron chi connectivity index (χ0n) is 20.1. The molecule has 0 spiro atoms. The molecule has 13 heteroatoms. The Morgan fingerprint density at radius 1 is 1.11 bits per heavy atom. The van der Waals surface area contributed by atoms with Crippen LogP contribution >= 0.6 is 0 Å². The lowest BCUT2D eigenvalue weighted by Crippen LogP contribution is -2.23. The van der Waals surface area contributed by atoms with Crippen LogP contribution in [-0.4, -0.2) is 56.6 Å². The summed E-state index contributed by atoms with van der Waals surface area (Å²) < 4.78 is 52.9. The molecule has 10 nitrogen and oxygen atoms in total. The molecule has 2 aromatic heterocycles. The second kappa shape index (κ2) is 11.5. The quantitative estimate of drug-likeness (QED) is 0.225. The first-order valence-corrected chi connectivity index (χ1v) is 11.3. The average Bonchev–Trinajstić information content (AvgIpc) is 3.49. The number of aromatic nitrogens is 5. The molecule has 196 valence electrons. The van der Waals surface area contributed by atoms with Crippen LogP contribution in [0, 0.1) is 6.92 Å². The molecule has 4 aromatic rings. The molecular weight excluding hydrogens is 493 g/mol. The fourth-order valence-electron chi connectivity index (χ4n) is 3.51. The number of hydrogen-bond acceptors (Lipinski definition) is 9. The Hall–Kier alpha value is -3.81. The number of methoxy groups -OCH3 is 1. The molecule has 0 saturated carbocycles. The van der Waals surface area contributed by atoms with Crippen LogP contribution in [0.2, 0.25) is 0 Å². The number of hydrogen-bond donors (Lipinski definition) is 2. The van der Waals surface area contributed by atoms with Crippen molar-refractivity contribution in [2.24, 2.45) is 0 Å². The Bertz CT molecular complexity index is 1310. The summed E-state index contributed by atoms with van der Waals surface area (Å²) in [7, 11) is 1.63. The molecule has 2 N–H and O–H groups in total.